The third-order valence-corrected chi connectivity index (χ3v) is 9.13. The number of morpholine rings is 1. The maximum absolute atomic E-state index is 13.7. The molecule has 6 heterocycles. The average Bonchev–Trinajstić information content (AvgIpc) is 3.38. The van der Waals surface area contributed by atoms with E-state index in [4.69, 9.17) is 4.74 Å². The lowest BCUT2D eigenvalue weighted by molar-refractivity contribution is 0.0750. The number of nitrogens with one attached hydrogen (secondary N) is 2. The number of nitrogens with zero attached hydrogens (tertiary/aromatic N) is 4. The molecule has 4 aliphatic heterocycles. The van der Waals surface area contributed by atoms with Crippen LogP contribution in [0.15, 0.2) is 30.6 Å². The first kappa shape index (κ1) is 23.2. The SMILES string of the molecule is Cc1c[nH]c2ncc(-c3cc4c(c([C@@H]5COCCN5)c3)CN(C(=O)N3CC5CCC(C3)N5C)CC4)cc12. The molecule has 194 valence electrons. The van der Waals surface area contributed by atoms with Crippen molar-refractivity contribution in [3.8, 4) is 11.1 Å². The lowest BCUT2D eigenvalue weighted by atomic mass is 9.87. The average molecular weight is 501 g/mol. The third-order valence-electron chi connectivity index (χ3n) is 9.13. The van der Waals surface area contributed by atoms with E-state index in [9.17, 15) is 4.79 Å². The maximum atomic E-state index is 13.7. The van der Waals surface area contributed by atoms with Crippen molar-refractivity contribution in [1.82, 2.24) is 30.0 Å². The number of hydrogen-bond donors (Lipinski definition) is 2. The molecular formula is C29H36N6O2. The number of carbonyl (C=O) groups excluding carboxylic acids is 1. The lowest BCUT2D eigenvalue weighted by Gasteiger charge is -2.42. The van der Waals surface area contributed by atoms with Gasteiger partial charge in [0.1, 0.15) is 5.65 Å². The molecular weight excluding hydrogens is 464 g/mol. The van der Waals surface area contributed by atoms with E-state index in [0.717, 1.165) is 55.8 Å². The van der Waals surface area contributed by atoms with Crippen LogP contribution in [0.4, 0.5) is 4.79 Å². The van der Waals surface area contributed by atoms with Crippen molar-refractivity contribution in [2.45, 2.75) is 50.9 Å². The van der Waals surface area contributed by atoms with Crippen LogP contribution in [0.2, 0.25) is 0 Å². The van der Waals surface area contributed by atoms with Crippen LogP contribution in [0.1, 0.15) is 41.1 Å². The number of H-pyrrole nitrogens is 1. The van der Waals surface area contributed by atoms with Gasteiger partial charge in [-0.2, -0.15) is 0 Å². The van der Waals surface area contributed by atoms with Gasteiger partial charge in [-0.05, 0) is 73.2 Å². The highest BCUT2D eigenvalue weighted by molar-refractivity contribution is 5.84. The molecule has 0 aliphatic carbocycles. The van der Waals surface area contributed by atoms with E-state index in [1.807, 2.05) is 12.4 Å². The number of aromatic amines is 1. The number of amides is 2. The van der Waals surface area contributed by atoms with Gasteiger partial charge in [-0.1, -0.05) is 6.07 Å². The first-order valence-electron chi connectivity index (χ1n) is 13.7. The number of fused-ring (bicyclic) bond motifs is 4. The van der Waals surface area contributed by atoms with Gasteiger partial charge in [-0.15, -0.1) is 0 Å². The minimum Gasteiger partial charge on any atom is -0.378 e. The number of likely N-dealkylation sites (N-methyl/N-ethyl adjacent to an activating group) is 1. The molecule has 8 nitrogen and oxygen atoms in total. The van der Waals surface area contributed by atoms with E-state index in [-0.39, 0.29) is 12.1 Å². The Morgan fingerprint density at radius 1 is 1.11 bits per heavy atom. The molecule has 0 saturated carbocycles. The predicted molar refractivity (Wildman–Crippen MR) is 143 cm³/mol. The van der Waals surface area contributed by atoms with Gasteiger partial charge in [0.05, 0.1) is 19.3 Å². The zero-order valence-corrected chi connectivity index (χ0v) is 21.8. The van der Waals surface area contributed by atoms with Gasteiger partial charge in [0.2, 0.25) is 0 Å². The molecule has 2 amide bonds. The summed E-state index contributed by atoms with van der Waals surface area (Å²) < 4.78 is 5.87. The number of aryl methyl sites for hydroxylation is 1. The van der Waals surface area contributed by atoms with Crippen molar-refractivity contribution in [2.24, 2.45) is 0 Å². The van der Waals surface area contributed by atoms with Crippen LogP contribution in [0.3, 0.4) is 0 Å². The molecule has 3 atom stereocenters. The lowest BCUT2D eigenvalue weighted by Crippen LogP contribution is -2.57. The second-order valence-electron chi connectivity index (χ2n) is 11.3. The maximum Gasteiger partial charge on any atom is 0.320 e. The number of piperazine rings is 1. The summed E-state index contributed by atoms with van der Waals surface area (Å²) in [5.74, 6) is 0. The number of carbonyl (C=O) groups is 1. The standard InChI is InChI=1S/C29H36N6O2/c1-18-12-31-28-24(18)11-21(13-32-28)20-9-19-5-7-34(16-26(19)25(10-20)27-17-37-8-6-30-27)29(36)35-14-22-3-4-23(15-35)33(22)2/h9-13,22-23,27,30H,3-8,14-17H2,1-2H3,(H,31,32)/t22?,23?,27-/m0/s1. The van der Waals surface area contributed by atoms with E-state index in [2.05, 4.69) is 62.2 Å². The number of urea groups is 1. The molecule has 7 rings (SSSR count). The van der Waals surface area contributed by atoms with E-state index >= 15 is 0 Å². The Kier molecular flexibility index (Phi) is 5.71. The summed E-state index contributed by atoms with van der Waals surface area (Å²) in [5.41, 5.74) is 8.33. The number of ether oxygens (including phenoxy) is 1. The first-order valence-corrected chi connectivity index (χ1v) is 13.7. The van der Waals surface area contributed by atoms with Gasteiger partial charge in [0.25, 0.3) is 0 Å². The van der Waals surface area contributed by atoms with Crippen LogP contribution in [0.5, 0.6) is 0 Å². The minimum absolute atomic E-state index is 0.127. The molecule has 2 bridgehead atoms. The topological polar surface area (TPSA) is 76.7 Å². The van der Waals surface area contributed by atoms with Crippen LogP contribution < -0.4 is 5.32 Å². The van der Waals surface area contributed by atoms with E-state index < -0.39 is 0 Å². The minimum atomic E-state index is 0.127. The van der Waals surface area contributed by atoms with Gasteiger partial charge in [-0.25, -0.2) is 9.78 Å². The third kappa shape index (κ3) is 4.02. The monoisotopic (exact) mass is 500 g/mol. The number of likely N-dealkylation sites (tertiary alicyclic amines) is 1. The normalized spacial score (nSPS) is 26.1. The Labute approximate surface area is 218 Å². The van der Waals surface area contributed by atoms with Crippen molar-refractivity contribution < 1.29 is 9.53 Å². The van der Waals surface area contributed by atoms with Crippen LogP contribution in [-0.4, -0.2) is 89.2 Å². The smallest absolute Gasteiger partial charge is 0.320 e. The number of pyridine rings is 1. The fraction of sp³-hybridized carbons (Fsp3) is 0.517. The van der Waals surface area contributed by atoms with Gasteiger partial charge in [0, 0.05) is 68.2 Å². The van der Waals surface area contributed by atoms with Crippen LogP contribution >= 0.6 is 0 Å². The van der Waals surface area contributed by atoms with Gasteiger partial charge in [0.15, 0.2) is 0 Å². The van der Waals surface area contributed by atoms with Crippen LogP contribution in [-0.2, 0) is 17.7 Å². The molecule has 3 aromatic rings. The summed E-state index contributed by atoms with van der Waals surface area (Å²) >= 11 is 0. The Morgan fingerprint density at radius 3 is 2.73 bits per heavy atom. The number of hydrogen-bond acceptors (Lipinski definition) is 5. The van der Waals surface area contributed by atoms with Crippen molar-refractivity contribution in [3.05, 3.63) is 52.8 Å². The number of aromatic nitrogens is 2. The molecule has 8 heteroatoms. The summed E-state index contributed by atoms with van der Waals surface area (Å²) in [7, 11) is 2.22. The molecule has 2 unspecified atom stereocenters. The summed E-state index contributed by atoms with van der Waals surface area (Å²) in [6.45, 7) is 7.48. The highest BCUT2D eigenvalue weighted by Gasteiger charge is 2.40. The fourth-order valence-electron chi connectivity index (χ4n) is 6.87. The van der Waals surface area contributed by atoms with Crippen molar-refractivity contribution in [3.63, 3.8) is 0 Å². The van der Waals surface area contributed by atoms with Crippen molar-refractivity contribution in [1.29, 1.82) is 0 Å². The molecule has 4 aliphatic rings. The van der Waals surface area contributed by atoms with Gasteiger partial charge < -0.3 is 24.8 Å². The second-order valence-corrected chi connectivity index (χ2v) is 11.3. The van der Waals surface area contributed by atoms with Crippen molar-refractivity contribution >= 4 is 17.1 Å². The van der Waals surface area contributed by atoms with Crippen LogP contribution in [0, 0.1) is 6.92 Å². The fourth-order valence-corrected chi connectivity index (χ4v) is 6.87. The summed E-state index contributed by atoms with van der Waals surface area (Å²) in [4.78, 5) is 28.3. The molecule has 1 aromatic carbocycles. The largest absolute Gasteiger partial charge is 0.378 e. The molecule has 3 saturated heterocycles. The van der Waals surface area contributed by atoms with Gasteiger partial charge in [-0.3, -0.25) is 4.90 Å². The molecule has 37 heavy (non-hydrogen) atoms. The Balaban J connectivity index is 1.22. The highest BCUT2D eigenvalue weighted by atomic mass is 16.5. The Morgan fingerprint density at radius 2 is 1.95 bits per heavy atom. The number of rotatable bonds is 2. The van der Waals surface area contributed by atoms with Crippen molar-refractivity contribution in [2.75, 3.05) is 46.4 Å². The molecule has 2 N–H and O–H groups in total. The first-order chi connectivity index (χ1) is 18.0. The summed E-state index contributed by atoms with van der Waals surface area (Å²) in [5, 5.41) is 4.83. The zero-order chi connectivity index (χ0) is 25.1. The molecule has 3 fully saturated rings. The Hall–Kier alpha value is -2.94. The predicted octanol–water partition coefficient (Wildman–Crippen LogP) is 3.46. The van der Waals surface area contributed by atoms with E-state index in [1.165, 1.54) is 40.7 Å². The summed E-state index contributed by atoms with van der Waals surface area (Å²) in [6, 6.07) is 8.22. The Bertz CT molecular complexity index is 1330. The summed E-state index contributed by atoms with van der Waals surface area (Å²) in [6.07, 6.45) is 7.26. The quantitative estimate of drug-likeness (QED) is 0.564. The number of benzene rings is 1. The van der Waals surface area contributed by atoms with Gasteiger partial charge >= 0.3 is 6.03 Å². The zero-order valence-electron chi connectivity index (χ0n) is 21.8. The molecule has 0 spiro atoms. The van der Waals surface area contributed by atoms with E-state index in [0.29, 0.717) is 25.2 Å². The van der Waals surface area contributed by atoms with E-state index in [1.54, 1.807) is 0 Å². The second kappa shape index (κ2) is 9.11. The molecule has 0 radical (unpaired) electrons. The molecule has 2 aromatic heterocycles. The highest BCUT2D eigenvalue weighted by Crippen LogP contribution is 2.35. The van der Waals surface area contributed by atoms with Crippen LogP contribution in [0.25, 0.3) is 22.2 Å².